The summed E-state index contributed by atoms with van der Waals surface area (Å²) in [6, 6.07) is 14.4. The van der Waals surface area contributed by atoms with E-state index in [9.17, 15) is 9.18 Å². The minimum absolute atomic E-state index is 0.0501. The molecule has 0 aliphatic rings. The molecule has 0 saturated carbocycles. The maximum atomic E-state index is 13.7. The van der Waals surface area contributed by atoms with E-state index in [1.54, 1.807) is 6.07 Å². The highest BCUT2D eigenvalue weighted by molar-refractivity contribution is 7.15. The van der Waals surface area contributed by atoms with Gasteiger partial charge in [-0.25, -0.2) is 4.39 Å². The van der Waals surface area contributed by atoms with Crippen LogP contribution < -0.4 is 10.1 Å². The number of carbonyl (C=O) groups excluding carboxylic acids is 1. The van der Waals surface area contributed by atoms with E-state index in [2.05, 4.69) is 15.5 Å². The second-order valence-electron chi connectivity index (χ2n) is 5.36. The third-order valence-electron chi connectivity index (χ3n) is 3.49. The van der Waals surface area contributed by atoms with Crippen molar-refractivity contribution in [3.05, 3.63) is 70.5 Å². The summed E-state index contributed by atoms with van der Waals surface area (Å²) in [5.41, 5.74) is 1.69. The second-order valence-corrected chi connectivity index (χ2v) is 6.42. The van der Waals surface area contributed by atoms with Gasteiger partial charge in [-0.3, -0.25) is 4.79 Å². The molecule has 1 aromatic heterocycles. The third-order valence-corrected chi connectivity index (χ3v) is 4.33. The van der Waals surface area contributed by atoms with E-state index < -0.39 is 5.82 Å². The van der Waals surface area contributed by atoms with Gasteiger partial charge in [0.05, 0.1) is 13.5 Å². The molecule has 0 spiro atoms. The molecule has 0 aliphatic heterocycles. The van der Waals surface area contributed by atoms with Gasteiger partial charge in [0.2, 0.25) is 11.0 Å². The number of rotatable bonds is 6. The van der Waals surface area contributed by atoms with Crippen LogP contribution in [-0.4, -0.2) is 23.2 Å². The molecule has 1 N–H and O–H groups in total. The molecule has 1 heterocycles. The molecule has 0 unspecified atom stereocenters. The summed E-state index contributed by atoms with van der Waals surface area (Å²) in [6.07, 6.45) is 0.715. The first kappa shape index (κ1) is 17.0. The predicted octanol–water partition coefficient (Wildman–Crippen LogP) is 3.46. The Hall–Kier alpha value is -2.80. The number of anilines is 1. The Bertz CT molecular complexity index is 868. The summed E-state index contributed by atoms with van der Waals surface area (Å²) in [5, 5.41) is 12.0. The van der Waals surface area contributed by atoms with Gasteiger partial charge in [0.25, 0.3) is 0 Å². The zero-order valence-corrected chi connectivity index (χ0v) is 14.3. The van der Waals surface area contributed by atoms with Crippen LogP contribution in [0.3, 0.4) is 0 Å². The van der Waals surface area contributed by atoms with E-state index in [0.29, 0.717) is 17.1 Å². The zero-order chi connectivity index (χ0) is 17.6. The highest BCUT2D eigenvalue weighted by Crippen LogP contribution is 2.20. The van der Waals surface area contributed by atoms with E-state index >= 15 is 0 Å². The summed E-state index contributed by atoms with van der Waals surface area (Å²) in [6.45, 7) is 0. The second kappa shape index (κ2) is 7.85. The van der Waals surface area contributed by atoms with Gasteiger partial charge >= 0.3 is 0 Å². The van der Waals surface area contributed by atoms with Crippen molar-refractivity contribution < 1.29 is 13.9 Å². The zero-order valence-electron chi connectivity index (χ0n) is 13.5. The average molecular weight is 357 g/mol. The van der Waals surface area contributed by atoms with Crippen molar-refractivity contribution >= 4 is 22.4 Å². The molecule has 0 fully saturated rings. The predicted molar refractivity (Wildman–Crippen MR) is 94.4 cm³/mol. The maximum Gasteiger partial charge on any atom is 0.230 e. The van der Waals surface area contributed by atoms with Gasteiger partial charge in [-0.15, -0.1) is 10.2 Å². The molecule has 1 amide bonds. The molecule has 128 valence electrons. The van der Waals surface area contributed by atoms with E-state index in [0.717, 1.165) is 10.6 Å². The first-order valence-corrected chi connectivity index (χ1v) is 8.44. The summed E-state index contributed by atoms with van der Waals surface area (Å²) in [4.78, 5) is 12.1. The van der Waals surface area contributed by atoms with Crippen LogP contribution in [0.4, 0.5) is 9.52 Å². The number of nitrogens with zero attached hydrogens (tertiary/aromatic N) is 2. The van der Waals surface area contributed by atoms with Gasteiger partial charge in [-0.1, -0.05) is 47.7 Å². The van der Waals surface area contributed by atoms with E-state index in [1.807, 2.05) is 30.3 Å². The minimum Gasteiger partial charge on any atom is -0.494 e. The molecule has 0 saturated heterocycles. The Morgan fingerprint density at radius 2 is 1.96 bits per heavy atom. The molecule has 0 atom stereocenters. The van der Waals surface area contributed by atoms with Gasteiger partial charge in [-0.2, -0.15) is 0 Å². The van der Waals surface area contributed by atoms with E-state index in [-0.39, 0.29) is 18.1 Å². The normalized spacial score (nSPS) is 10.5. The lowest BCUT2D eigenvalue weighted by Crippen LogP contribution is -2.14. The Balaban J connectivity index is 1.59. The lowest BCUT2D eigenvalue weighted by Gasteiger charge is -2.05. The SMILES string of the molecule is COc1ccc(CC(=O)Nc2nnc(Cc3ccccc3)s2)cc1F. The molecule has 7 heteroatoms. The Morgan fingerprint density at radius 3 is 2.68 bits per heavy atom. The van der Waals surface area contributed by atoms with E-state index in [4.69, 9.17) is 4.74 Å². The monoisotopic (exact) mass is 357 g/mol. The summed E-state index contributed by atoms with van der Waals surface area (Å²) >= 11 is 1.33. The van der Waals surface area contributed by atoms with Gasteiger partial charge < -0.3 is 10.1 Å². The van der Waals surface area contributed by atoms with Crippen LogP contribution in [0.1, 0.15) is 16.1 Å². The molecule has 2 aromatic carbocycles. The third kappa shape index (κ3) is 4.60. The Labute approximate surface area is 148 Å². The molecule has 0 bridgehead atoms. The Morgan fingerprint density at radius 1 is 1.16 bits per heavy atom. The van der Waals surface area contributed by atoms with Crippen LogP contribution in [0.15, 0.2) is 48.5 Å². The molecule has 3 rings (SSSR count). The number of benzene rings is 2. The number of ether oxygens (including phenoxy) is 1. The minimum atomic E-state index is -0.492. The molecule has 5 nitrogen and oxygen atoms in total. The van der Waals surface area contributed by atoms with Crippen molar-refractivity contribution in [1.82, 2.24) is 10.2 Å². The number of hydrogen-bond donors (Lipinski definition) is 1. The van der Waals surface area contributed by atoms with Crippen LogP contribution in [0.25, 0.3) is 0 Å². The largest absolute Gasteiger partial charge is 0.494 e. The smallest absolute Gasteiger partial charge is 0.230 e. The average Bonchev–Trinajstić information content (AvgIpc) is 3.02. The molecule has 0 radical (unpaired) electrons. The number of carbonyl (C=O) groups is 1. The van der Waals surface area contributed by atoms with Crippen LogP contribution in [0.5, 0.6) is 5.75 Å². The fourth-order valence-electron chi connectivity index (χ4n) is 2.31. The van der Waals surface area contributed by atoms with E-state index in [1.165, 1.54) is 30.6 Å². The number of hydrogen-bond acceptors (Lipinski definition) is 5. The quantitative estimate of drug-likeness (QED) is 0.734. The molecule has 25 heavy (non-hydrogen) atoms. The summed E-state index contributed by atoms with van der Waals surface area (Å²) in [7, 11) is 1.40. The lowest BCUT2D eigenvalue weighted by molar-refractivity contribution is -0.115. The lowest BCUT2D eigenvalue weighted by atomic mass is 10.1. The highest BCUT2D eigenvalue weighted by Gasteiger charge is 2.11. The van der Waals surface area contributed by atoms with Gasteiger partial charge in [-0.05, 0) is 23.3 Å². The number of halogens is 1. The first-order chi connectivity index (χ1) is 12.1. The first-order valence-electron chi connectivity index (χ1n) is 7.62. The van der Waals surface area contributed by atoms with Crippen LogP contribution in [0, 0.1) is 5.82 Å². The van der Waals surface area contributed by atoms with Gasteiger partial charge in [0.1, 0.15) is 5.01 Å². The van der Waals surface area contributed by atoms with Crippen molar-refractivity contribution in [3.63, 3.8) is 0 Å². The van der Waals surface area contributed by atoms with Crippen molar-refractivity contribution in [1.29, 1.82) is 0 Å². The molecular weight excluding hydrogens is 341 g/mol. The topological polar surface area (TPSA) is 64.1 Å². The van der Waals surface area contributed by atoms with Crippen molar-refractivity contribution in [2.45, 2.75) is 12.8 Å². The van der Waals surface area contributed by atoms with Gasteiger partial charge in [0.15, 0.2) is 11.6 Å². The van der Waals surface area contributed by atoms with Crippen LogP contribution in [-0.2, 0) is 17.6 Å². The number of nitrogens with one attached hydrogen (secondary N) is 1. The fourth-order valence-corrected chi connectivity index (χ4v) is 3.10. The van der Waals surface area contributed by atoms with Crippen molar-refractivity contribution in [2.75, 3.05) is 12.4 Å². The standard InChI is InChI=1S/C18H16FN3O2S/c1-24-15-8-7-13(9-14(15)19)10-16(23)20-18-22-21-17(25-18)11-12-5-3-2-4-6-12/h2-9H,10-11H2,1H3,(H,20,22,23). The number of amides is 1. The fraction of sp³-hybridized carbons (Fsp3) is 0.167. The number of aromatic nitrogens is 2. The summed E-state index contributed by atoms with van der Waals surface area (Å²) < 4.78 is 18.5. The number of methoxy groups -OCH3 is 1. The van der Waals surface area contributed by atoms with Crippen LogP contribution >= 0.6 is 11.3 Å². The van der Waals surface area contributed by atoms with Gasteiger partial charge in [0, 0.05) is 6.42 Å². The molecular formula is C18H16FN3O2S. The molecule has 0 aliphatic carbocycles. The van der Waals surface area contributed by atoms with Crippen molar-refractivity contribution in [3.8, 4) is 5.75 Å². The Kier molecular flexibility index (Phi) is 5.35. The highest BCUT2D eigenvalue weighted by atomic mass is 32.1. The van der Waals surface area contributed by atoms with Crippen molar-refractivity contribution in [2.24, 2.45) is 0 Å². The maximum absolute atomic E-state index is 13.7. The van der Waals surface area contributed by atoms with Crippen LogP contribution in [0.2, 0.25) is 0 Å². The summed E-state index contributed by atoms with van der Waals surface area (Å²) in [5.74, 6) is -0.611. The molecule has 3 aromatic rings.